The van der Waals surface area contributed by atoms with E-state index in [1.54, 1.807) is 0 Å². The monoisotopic (exact) mass is 85.0 g/mol. The van der Waals surface area contributed by atoms with E-state index in [2.05, 4.69) is 4.85 Å². The Morgan fingerprint density at radius 3 is 2.50 bits per heavy atom. The molecule has 0 fully saturated rings. The molecule has 1 amide bonds. The number of aliphatic hydroxyl groups excluding tert-OH is 1. The third-order valence-corrected chi connectivity index (χ3v) is 0.260. The van der Waals surface area contributed by atoms with Crippen molar-refractivity contribution < 1.29 is 9.90 Å². The lowest BCUT2D eigenvalue weighted by molar-refractivity contribution is -0.117. The fourth-order valence-electron chi connectivity index (χ4n) is 0.0354. The van der Waals surface area contributed by atoms with Crippen LogP contribution in [-0.4, -0.2) is 17.6 Å². The molecule has 0 aromatic heterocycles. The quantitative estimate of drug-likeness (QED) is 0.433. The number of carbonyl (C=O) groups excluding carboxylic acids is 1. The predicted molar refractivity (Wildman–Crippen MR) is 18.7 cm³/mol. The first-order chi connectivity index (χ1) is 2.81. The number of rotatable bonds is 1. The highest BCUT2D eigenvalue weighted by molar-refractivity contribution is 5.86. The number of amides is 1. The van der Waals surface area contributed by atoms with E-state index in [9.17, 15) is 4.79 Å². The third-order valence-electron chi connectivity index (χ3n) is 0.260. The Morgan fingerprint density at radius 2 is 2.50 bits per heavy atom. The van der Waals surface area contributed by atoms with Gasteiger partial charge in [-0.2, -0.15) is 4.85 Å². The molecule has 0 atom stereocenters. The van der Waals surface area contributed by atoms with Crippen LogP contribution in [0.1, 0.15) is 0 Å². The largest absolute Gasteiger partial charge is 0.399 e. The minimum absolute atomic E-state index is 0.663. The van der Waals surface area contributed by atoms with Crippen LogP contribution in [0.4, 0.5) is 0 Å². The van der Waals surface area contributed by atoms with Crippen LogP contribution in [-0.2, 0) is 4.79 Å². The Balaban J connectivity index is 3.33. The van der Waals surface area contributed by atoms with Crippen molar-refractivity contribution in [2.45, 2.75) is 0 Å². The summed E-state index contributed by atoms with van der Waals surface area (Å²) in [6, 6.07) is 0. The van der Waals surface area contributed by atoms with E-state index in [4.69, 9.17) is 11.7 Å². The van der Waals surface area contributed by atoms with E-state index in [0.717, 1.165) is 0 Å². The molecule has 0 aliphatic rings. The number of nitrogens with zero attached hydrogens (tertiary/aromatic N) is 1. The first-order valence-electron chi connectivity index (χ1n) is 1.32. The van der Waals surface area contributed by atoms with Crippen LogP contribution in [0.3, 0.4) is 0 Å². The first kappa shape index (κ1) is 5.12. The molecule has 0 aromatic rings. The molecule has 0 spiro atoms. The van der Waals surface area contributed by atoms with Gasteiger partial charge in [-0.25, -0.2) is 0 Å². The SMILES string of the molecule is [C-]#[N+]C(=O)CO. The smallest absolute Gasteiger partial charge is 0.380 e. The highest BCUT2D eigenvalue weighted by atomic mass is 16.3. The molecule has 0 heterocycles. The highest BCUT2D eigenvalue weighted by Crippen LogP contribution is 1.64. The van der Waals surface area contributed by atoms with Crippen LogP contribution in [0.5, 0.6) is 0 Å². The summed E-state index contributed by atoms with van der Waals surface area (Å²) in [5.74, 6) is -0.810. The molecular formula is C3H3NO2. The minimum Gasteiger partial charge on any atom is -0.399 e. The van der Waals surface area contributed by atoms with Gasteiger partial charge in [0.2, 0.25) is 0 Å². The van der Waals surface area contributed by atoms with Crippen molar-refractivity contribution in [2.75, 3.05) is 6.61 Å². The van der Waals surface area contributed by atoms with Crippen molar-refractivity contribution in [3.05, 3.63) is 11.4 Å². The van der Waals surface area contributed by atoms with Crippen LogP contribution in [0.25, 0.3) is 4.85 Å². The normalized spacial score (nSPS) is 6.67. The molecule has 0 aliphatic heterocycles. The van der Waals surface area contributed by atoms with E-state index in [0.29, 0.717) is 0 Å². The van der Waals surface area contributed by atoms with E-state index < -0.39 is 12.5 Å². The van der Waals surface area contributed by atoms with Crippen LogP contribution in [0.2, 0.25) is 0 Å². The van der Waals surface area contributed by atoms with Gasteiger partial charge >= 0.3 is 5.91 Å². The molecule has 0 aromatic carbocycles. The Kier molecular flexibility index (Phi) is 2.02. The van der Waals surface area contributed by atoms with Gasteiger partial charge in [0.1, 0.15) is 6.61 Å². The topological polar surface area (TPSA) is 41.7 Å². The molecule has 1 N–H and O–H groups in total. The summed E-state index contributed by atoms with van der Waals surface area (Å²) in [6.45, 7) is 5.26. The Bertz CT molecular complexity index is 91.5. The minimum atomic E-state index is -0.810. The lowest BCUT2D eigenvalue weighted by atomic mass is 10.7. The molecule has 0 rings (SSSR count). The van der Waals surface area contributed by atoms with E-state index in [1.165, 1.54) is 0 Å². The highest BCUT2D eigenvalue weighted by Gasteiger charge is 1.89. The third kappa shape index (κ3) is 1.44. The summed E-state index contributed by atoms with van der Waals surface area (Å²) in [5.41, 5.74) is 0. The molecule has 0 unspecified atom stereocenters. The number of hydrogen-bond donors (Lipinski definition) is 1. The van der Waals surface area contributed by atoms with Crippen LogP contribution in [0.15, 0.2) is 0 Å². The fourth-order valence-corrected chi connectivity index (χ4v) is 0.0354. The van der Waals surface area contributed by atoms with Crippen molar-refractivity contribution in [1.82, 2.24) is 0 Å². The second-order valence-electron chi connectivity index (χ2n) is 0.664. The van der Waals surface area contributed by atoms with Gasteiger partial charge in [-0.15, -0.1) is 0 Å². The second kappa shape index (κ2) is 2.36. The van der Waals surface area contributed by atoms with Crippen molar-refractivity contribution in [3.63, 3.8) is 0 Å². The number of carbonyl (C=O) groups is 1. The van der Waals surface area contributed by atoms with Crippen molar-refractivity contribution in [2.24, 2.45) is 0 Å². The van der Waals surface area contributed by atoms with E-state index in [-0.39, 0.29) is 0 Å². The summed E-state index contributed by atoms with van der Waals surface area (Å²) in [4.78, 5) is 11.9. The second-order valence-corrected chi connectivity index (χ2v) is 0.664. The van der Waals surface area contributed by atoms with Gasteiger partial charge in [0.15, 0.2) is 0 Å². The zero-order valence-electron chi connectivity index (χ0n) is 3.01. The molecule has 0 bridgehead atoms. The zero-order valence-corrected chi connectivity index (χ0v) is 3.01. The maximum atomic E-state index is 9.58. The number of hydrogen-bond acceptors (Lipinski definition) is 2. The van der Waals surface area contributed by atoms with Crippen LogP contribution >= 0.6 is 0 Å². The molecule has 0 saturated carbocycles. The van der Waals surface area contributed by atoms with Gasteiger partial charge in [0.05, 0.1) is 6.57 Å². The zero-order chi connectivity index (χ0) is 4.99. The van der Waals surface area contributed by atoms with Gasteiger partial charge < -0.3 is 9.90 Å². The summed E-state index contributed by atoms with van der Waals surface area (Å²) in [5, 5.41) is 7.77. The average Bonchev–Trinajstić information content (AvgIpc) is 1.65. The maximum Gasteiger partial charge on any atom is 0.380 e. The Labute approximate surface area is 35.0 Å². The standard InChI is InChI=1S/C3H3NO2/c1-4-3(6)2-5/h5H,2H2. The fraction of sp³-hybridized carbons (Fsp3) is 0.333. The molecule has 32 valence electrons. The molecule has 3 nitrogen and oxygen atoms in total. The van der Waals surface area contributed by atoms with Gasteiger partial charge in [0, 0.05) is 0 Å². The first-order valence-corrected chi connectivity index (χ1v) is 1.32. The van der Waals surface area contributed by atoms with Crippen molar-refractivity contribution >= 4 is 5.91 Å². The Morgan fingerprint density at radius 1 is 2.00 bits per heavy atom. The van der Waals surface area contributed by atoms with Crippen molar-refractivity contribution in [3.8, 4) is 0 Å². The molecular weight excluding hydrogens is 82.0 g/mol. The van der Waals surface area contributed by atoms with E-state index >= 15 is 0 Å². The van der Waals surface area contributed by atoms with Gasteiger partial charge in [-0.1, -0.05) is 0 Å². The van der Waals surface area contributed by atoms with Gasteiger partial charge in [-0.05, 0) is 0 Å². The maximum absolute atomic E-state index is 9.58. The number of aliphatic hydroxyl groups is 1. The van der Waals surface area contributed by atoms with Crippen LogP contribution in [0, 0.1) is 6.57 Å². The van der Waals surface area contributed by atoms with Gasteiger partial charge in [-0.3, -0.25) is 0 Å². The van der Waals surface area contributed by atoms with E-state index in [1.807, 2.05) is 0 Å². The summed E-state index contributed by atoms with van der Waals surface area (Å²) >= 11 is 0. The molecule has 6 heavy (non-hydrogen) atoms. The van der Waals surface area contributed by atoms with Gasteiger partial charge in [0.25, 0.3) is 0 Å². The summed E-state index contributed by atoms with van der Waals surface area (Å²) < 4.78 is 0. The molecule has 0 saturated heterocycles. The Hall–Kier alpha value is -0.880. The molecule has 3 heteroatoms. The average molecular weight is 85.1 g/mol. The lowest BCUT2D eigenvalue weighted by Gasteiger charge is -1.70. The van der Waals surface area contributed by atoms with Crippen LogP contribution < -0.4 is 0 Å². The molecule has 0 radical (unpaired) electrons. The van der Waals surface area contributed by atoms with Crippen molar-refractivity contribution in [1.29, 1.82) is 0 Å². The summed E-state index contributed by atoms with van der Waals surface area (Å²) in [7, 11) is 0. The lowest BCUT2D eigenvalue weighted by Crippen LogP contribution is -1.93. The summed E-state index contributed by atoms with van der Waals surface area (Å²) in [6.07, 6.45) is 0. The molecule has 0 aliphatic carbocycles. The predicted octanol–water partition coefficient (Wildman–Crippen LogP) is -0.575.